The summed E-state index contributed by atoms with van der Waals surface area (Å²) >= 11 is 1.77. The summed E-state index contributed by atoms with van der Waals surface area (Å²) in [6.07, 6.45) is 1.97. The number of benzene rings is 1. The molecule has 2 atom stereocenters. The fourth-order valence-corrected chi connectivity index (χ4v) is 3.26. The summed E-state index contributed by atoms with van der Waals surface area (Å²) in [6, 6.07) is 2.57. The zero-order valence-corrected chi connectivity index (χ0v) is 13.3. The summed E-state index contributed by atoms with van der Waals surface area (Å²) < 4.78 is 14.1. The molecule has 2 unspecified atom stereocenters. The zero-order valence-electron chi connectivity index (χ0n) is 11.2. The summed E-state index contributed by atoms with van der Waals surface area (Å²) in [5.74, 6) is -0.0871. The van der Waals surface area contributed by atoms with Crippen LogP contribution in [0.2, 0.25) is 0 Å². The Balaban J connectivity index is 2.49. The molecule has 2 rings (SSSR count). The smallest absolute Gasteiger partial charge is 0.293 e. The van der Waals surface area contributed by atoms with Crippen LogP contribution in [-0.4, -0.2) is 24.1 Å². The molecule has 1 heterocycles. The van der Waals surface area contributed by atoms with Crippen molar-refractivity contribution in [2.75, 3.05) is 18.0 Å². The molecule has 0 bridgehead atoms. The highest BCUT2D eigenvalue weighted by Gasteiger charge is 2.32. The summed E-state index contributed by atoms with van der Waals surface area (Å²) in [4.78, 5) is 12.7. The molecular weight excluding hydrogens is 376 g/mol. The molecular formula is C13H17FIN3O2. The van der Waals surface area contributed by atoms with E-state index in [9.17, 15) is 14.5 Å². The molecule has 2 N–H and O–H groups in total. The van der Waals surface area contributed by atoms with Gasteiger partial charge >= 0.3 is 0 Å². The average Bonchev–Trinajstić information content (AvgIpc) is 2.40. The molecule has 1 saturated heterocycles. The lowest BCUT2D eigenvalue weighted by Gasteiger charge is -2.40. The molecule has 5 nitrogen and oxygen atoms in total. The zero-order chi connectivity index (χ0) is 14.9. The Morgan fingerprint density at radius 2 is 2.30 bits per heavy atom. The summed E-state index contributed by atoms with van der Waals surface area (Å²) in [6.45, 7) is 3.16. The summed E-state index contributed by atoms with van der Waals surface area (Å²) in [5, 5.41) is 11.2. The third kappa shape index (κ3) is 2.88. The van der Waals surface area contributed by atoms with E-state index in [1.54, 1.807) is 22.6 Å². The van der Waals surface area contributed by atoms with Crippen molar-refractivity contribution < 1.29 is 9.31 Å². The highest BCUT2D eigenvalue weighted by atomic mass is 127. The Morgan fingerprint density at radius 1 is 1.60 bits per heavy atom. The molecule has 1 aromatic carbocycles. The second-order valence-electron chi connectivity index (χ2n) is 5.13. The largest absolute Gasteiger partial charge is 0.361 e. The molecule has 0 radical (unpaired) electrons. The lowest BCUT2D eigenvalue weighted by atomic mass is 9.90. The first-order valence-electron chi connectivity index (χ1n) is 6.55. The van der Waals surface area contributed by atoms with Crippen molar-refractivity contribution in [3.63, 3.8) is 0 Å². The van der Waals surface area contributed by atoms with Crippen molar-refractivity contribution in [3.8, 4) is 0 Å². The molecule has 0 amide bonds. The van der Waals surface area contributed by atoms with Gasteiger partial charge in [-0.15, -0.1) is 0 Å². The minimum atomic E-state index is -0.455. The number of nitro benzene ring substituents is 1. The molecule has 20 heavy (non-hydrogen) atoms. The van der Waals surface area contributed by atoms with Gasteiger partial charge in [-0.05, 0) is 41.4 Å². The number of anilines is 1. The quantitative estimate of drug-likeness (QED) is 0.487. The van der Waals surface area contributed by atoms with Gasteiger partial charge in [0.25, 0.3) is 5.69 Å². The highest BCUT2D eigenvalue weighted by Crippen LogP contribution is 2.36. The van der Waals surface area contributed by atoms with Crippen molar-refractivity contribution in [2.24, 2.45) is 11.7 Å². The van der Waals surface area contributed by atoms with Crippen LogP contribution in [0.5, 0.6) is 0 Å². The van der Waals surface area contributed by atoms with Crippen LogP contribution >= 0.6 is 22.6 Å². The van der Waals surface area contributed by atoms with Gasteiger partial charge in [-0.2, -0.15) is 0 Å². The number of nitro groups is 1. The Kier molecular flexibility index (Phi) is 4.79. The van der Waals surface area contributed by atoms with Gasteiger partial charge in [0.15, 0.2) is 0 Å². The normalized spacial score (nSPS) is 22.9. The van der Waals surface area contributed by atoms with Gasteiger partial charge in [0.1, 0.15) is 11.5 Å². The van der Waals surface area contributed by atoms with Crippen LogP contribution in [-0.2, 0) is 0 Å². The maximum Gasteiger partial charge on any atom is 0.293 e. The molecule has 110 valence electrons. The molecule has 1 aromatic rings. The standard InChI is InChI=1S/C13H17FIN3O2/c1-8-3-2-4-17(13(8)7-16)11-5-9(14)10(15)6-12(11)18(19)20/h5-6,8,13H,2-4,7,16H2,1H3. The molecule has 7 heteroatoms. The van der Waals surface area contributed by atoms with E-state index in [0.29, 0.717) is 24.7 Å². The Bertz CT molecular complexity index is 527. The topological polar surface area (TPSA) is 72.4 Å². The molecule has 1 aliphatic rings. The third-order valence-electron chi connectivity index (χ3n) is 3.88. The Morgan fingerprint density at radius 3 is 2.90 bits per heavy atom. The van der Waals surface area contributed by atoms with Gasteiger partial charge in [-0.3, -0.25) is 10.1 Å². The van der Waals surface area contributed by atoms with Crippen LogP contribution in [0.1, 0.15) is 19.8 Å². The molecule has 1 aliphatic heterocycles. The van der Waals surface area contributed by atoms with Crippen LogP contribution in [0.25, 0.3) is 0 Å². The number of hydrogen-bond acceptors (Lipinski definition) is 4. The molecule has 0 saturated carbocycles. The van der Waals surface area contributed by atoms with E-state index in [1.165, 1.54) is 12.1 Å². The van der Waals surface area contributed by atoms with E-state index >= 15 is 0 Å². The van der Waals surface area contributed by atoms with E-state index in [-0.39, 0.29) is 15.3 Å². The Labute approximate surface area is 130 Å². The second kappa shape index (κ2) is 6.21. The predicted octanol–water partition coefficient (Wildman–Crippen LogP) is 2.90. The minimum Gasteiger partial charge on any atom is -0.361 e. The number of nitrogens with zero attached hydrogens (tertiary/aromatic N) is 2. The van der Waals surface area contributed by atoms with Crippen LogP contribution in [0, 0.1) is 25.4 Å². The van der Waals surface area contributed by atoms with Crippen molar-refractivity contribution >= 4 is 34.0 Å². The van der Waals surface area contributed by atoms with E-state index in [1.807, 2.05) is 4.90 Å². The van der Waals surface area contributed by atoms with E-state index < -0.39 is 10.7 Å². The highest BCUT2D eigenvalue weighted by molar-refractivity contribution is 14.1. The number of hydrogen-bond donors (Lipinski definition) is 1. The molecule has 0 aromatic heterocycles. The van der Waals surface area contributed by atoms with Crippen molar-refractivity contribution in [2.45, 2.75) is 25.8 Å². The molecule has 0 spiro atoms. The van der Waals surface area contributed by atoms with Gasteiger partial charge in [0.2, 0.25) is 0 Å². The fraction of sp³-hybridized carbons (Fsp3) is 0.538. The average molecular weight is 393 g/mol. The lowest BCUT2D eigenvalue weighted by molar-refractivity contribution is -0.384. The number of piperidine rings is 1. The van der Waals surface area contributed by atoms with Crippen molar-refractivity contribution in [1.82, 2.24) is 0 Å². The third-order valence-corrected chi connectivity index (χ3v) is 4.71. The van der Waals surface area contributed by atoms with Gasteiger partial charge in [-0.25, -0.2) is 4.39 Å². The van der Waals surface area contributed by atoms with Crippen molar-refractivity contribution in [1.29, 1.82) is 0 Å². The SMILES string of the molecule is CC1CCCN(c2cc(F)c(I)cc2[N+](=O)[O-])C1CN. The van der Waals surface area contributed by atoms with Crippen LogP contribution in [0.3, 0.4) is 0 Å². The van der Waals surface area contributed by atoms with Crippen molar-refractivity contribution in [3.05, 3.63) is 31.6 Å². The fourth-order valence-electron chi connectivity index (χ4n) is 2.81. The van der Waals surface area contributed by atoms with E-state index in [0.717, 1.165) is 12.8 Å². The van der Waals surface area contributed by atoms with E-state index in [2.05, 4.69) is 6.92 Å². The Hall–Kier alpha value is -0.960. The number of halogens is 2. The van der Waals surface area contributed by atoms with E-state index in [4.69, 9.17) is 5.73 Å². The monoisotopic (exact) mass is 393 g/mol. The molecule has 0 aliphatic carbocycles. The van der Waals surface area contributed by atoms with Gasteiger partial charge in [0.05, 0.1) is 8.49 Å². The van der Waals surface area contributed by atoms with Gasteiger partial charge in [0, 0.05) is 31.3 Å². The maximum absolute atomic E-state index is 13.8. The first kappa shape index (κ1) is 15.4. The molecule has 1 fully saturated rings. The number of nitrogens with two attached hydrogens (primary N) is 1. The van der Waals surface area contributed by atoms with Crippen LogP contribution in [0.15, 0.2) is 12.1 Å². The summed E-state index contributed by atoms with van der Waals surface area (Å²) in [7, 11) is 0. The summed E-state index contributed by atoms with van der Waals surface area (Å²) in [5.41, 5.74) is 6.10. The predicted molar refractivity (Wildman–Crippen MR) is 84.4 cm³/mol. The van der Waals surface area contributed by atoms with Crippen LogP contribution < -0.4 is 10.6 Å². The first-order valence-corrected chi connectivity index (χ1v) is 7.63. The second-order valence-corrected chi connectivity index (χ2v) is 6.29. The number of rotatable bonds is 3. The van der Waals surface area contributed by atoms with Gasteiger partial charge < -0.3 is 10.6 Å². The maximum atomic E-state index is 13.8. The minimum absolute atomic E-state index is 0.0157. The van der Waals surface area contributed by atoms with Crippen LogP contribution in [0.4, 0.5) is 15.8 Å². The lowest BCUT2D eigenvalue weighted by Crippen LogP contribution is -2.49. The van der Waals surface area contributed by atoms with Gasteiger partial charge in [-0.1, -0.05) is 6.92 Å². The first-order chi connectivity index (χ1) is 9.45.